The lowest BCUT2D eigenvalue weighted by Crippen LogP contribution is -2.21. The molecule has 0 saturated carbocycles. The van der Waals surface area contributed by atoms with Gasteiger partial charge in [0.15, 0.2) is 0 Å². The highest BCUT2D eigenvalue weighted by Gasteiger charge is 2.04. The average Bonchev–Trinajstić information content (AvgIpc) is 2.44. The maximum atomic E-state index is 11.5. The Balaban J connectivity index is 2.34. The van der Waals surface area contributed by atoms with E-state index in [9.17, 15) is 4.79 Å². The van der Waals surface area contributed by atoms with E-state index in [4.69, 9.17) is 4.74 Å². The van der Waals surface area contributed by atoms with E-state index in [-0.39, 0.29) is 5.91 Å². The zero-order valence-corrected chi connectivity index (χ0v) is 13.3. The molecule has 112 valence electrons. The first kappa shape index (κ1) is 17.0. The van der Waals surface area contributed by atoms with E-state index in [2.05, 4.69) is 29.6 Å². The predicted molar refractivity (Wildman–Crippen MR) is 84.1 cm³/mol. The number of hydrogen-bond donors (Lipinski definition) is 1. The molecular weight excluding hydrogens is 272 g/mol. The van der Waals surface area contributed by atoms with Gasteiger partial charge >= 0.3 is 0 Å². The van der Waals surface area contributed by atoms with Crippen LogP contribution in [0.3, 0.4) is 0 Å². The average molecular weight is 296 g/mol. The van der Waals surface area contributed by atoms with Gasteiger partial charge in [-0.15, -0.1) is 11.8 Å². The van der Waals surface area contributed by atoms with E-state index in [1.807, 2.05) is 0 Å². The standard InChI is InChI=1S/C15H24N2O2S/c1-17(2)15(18)7-10-20-14-6-4-5-13(11-14)12-16-8-9-19-3/h4-6,11,16H,7-10,12H2,1-3H3. The third-order valence-electron chi connectivity index (χ3n) is 2.79. The number of nitrogens with zero attached hydrogens (tertiary/aromatic N) is 1. The lowest BCUT2D eigenvalue weighted by atomic mass is 10.2. The fraction of sp³-hybridized carbons (Fsp3) is 0.533. The van der Waals surface area contributed by atoms with Crippen molar-refractivity contribution in [3.63, 3.8) is 0 Å². The van der Waals surface area contributed by atoms with Gasteiger partial charge in [-0.1, -0.05) is 12.1 Å². The number of rotatable bonds is 9. The molecule has 1 aromatic carbocycles. The van der Waals surface area contributed by atoms with Crippen molar-refractivity contribution in [1.82, 2.24) is 10.2 Å². The number of carbonyl (C=O) groups excluding carboxylic acids is 1. The minimum absolute atomic E-state index is 0.176. The van der Waals surface area contributed by atoms with Crippen LogP contribution in [0.15, 0.2) is 29.2 Å². The second-order valence-electron chi connectivity index (χ2n) is 4.70. The Morgan fingerprint density at radius 1 is 1.40 bits per heavy atom. The van der Waals surface area contributed by atoms with Gasteiger partial charge in [-0.2, -0.15) is 0 Å². The topological polar surface area (TPSA) is 41.6 Å². The van der Waals surface area contributed by atoms with Crippen LogP contribution in [0.4, 0.5) is 0 Å². The zero-order valence-electron chi connectivity index (χ0n) is 12.5. The Kier molecular flexibility index (Phi) is 8.34. The molecule has 0 radical (unpaired) electrons. The number of methoxy groups -OCH3 is 1. The Morgan fingerprint density at radius 2 is 2.20 bits per heavy atom. The van der Waals surface area contributed by atoms with Crippen molar-refractivity contribution >= 4 is 17.7 Å². The molecule has 5 heteroatoms. The minimum atomic E-state index is 0.176. The number of hydrogen-bond acceptors (Lipinski definition) is 4. The molecule has 20 heavy (non-hydrogen) atoms. The second-order valence-corrected chi connectivity index (χ2v) is 5.87. The summed E-state index contributed by atoms with van der Waals surface area (Å²) in [5, 5.41) is 3.32. The summed E-state index contributed by atoms with van der Waals surface area (Å²) in [5.74, 6) is 0.993. The first-order valence-electron chi connectivity index (χ1n) is 6.75. The summed E-state index contributed by atoms with van der Waals surface area (Å²) in [5.41, 5.74) is 1.25. The molecular formula is C15H24N2O2S. The van der Waals surface area contributed by atoms with E-state index in [0.29, 0.717) is 6.42 Å². The smallest absolute Gasteiger partial charge is 0.222 e. The monoisotopic (exact) mass is 296 g/mol. The third-order valence-corrected chi connectivity index (χ3v) is 3.79. The maximum Gasteiger partial charge on any atom is 0.222 e. The molecule has 1 N–H and O–H groups in total. The molecule has 0 unspecified atom stereocenters. The molecule has 0 spiro atoms. The van der Waals surface area contributed by atoms with E-state index in [1.165, 1.54) is 10.5 Å². The Labute approximate surface area is 125 Å². The number of thioether (sulfide) groups is 1. The molecule has 1 amide bonds. The van der Waals surface area contributed by atoms with E-state index in [0.717, 1.165) is 25.4 Å². The summed E-state index contributed by atoms with van der Waals surface area (Å²) in [7, 11) is 5.28. The summed E-state index contributed by atoms with van der Waals surface area (Å²) in [6.07, 6.45) is 0.577. The lowest BCUT2D eigenvalue weighted by molar-refractivity contribution is -0.128. The van der Waals surface area contributed by atoms with Crippen molar-refractivity contribution in [3.8, 4) is 0 Å². The van der Waals surface area contributed by atoms with Crippen LogP contribution in [-0.4, -0.2) is 50.9 Å². The molecule has 0 heterocycles. The van der Waals surface area contributed by atoms with Crippen molar-refractivity contribution in [3.05, 3.63) is 29.8 Å². The number of carbonyl (C=O) groups is 1. The Hall–Kier alpha value is -1.04. The van der Waals surface area contributed by atoms with Gasteiger partial charge in [-0.3, -0.25) is 4.79 Å². The fourth-order valence-electron chi connectivity index (χ4n) is 1.63. The van der Waals surface area contributed by atoms with Crippen molar-refractivity contribution < 1.29 is 9.53 Å². The van der Waals surface area contributed by atoms with E-state index in [1.54, 1.807) is 37.9 Å². The summed E-state index contributed by atoms with van der Waals surface area (Å²) in [4.78, 5) is 14.3. The van der Waals surface area contributed by atoms with Crippen LogP contribution >= 0.6 is 11.8 Å². The normalized spacial score (nSPS) is 10.6. The van der Waals surface area contributed by atoms with Crippen LogP contribution in [0.2, 0.25) is 0 Å². The highest BCUT2D eigenvalue weighted by Crippen LogP contribution is 2.20. The molecule has 0 aromatic heterocycles. The molecule has 0 bridgehead atoms. The third kappa shape index (κ3) is 6.93. The van der Waals surface area contributed by atoms with Gasteiger partial charge in [0.2, 0.25) is 5.91 Å². The van der Waals surface area contributed by atoms with Crippen molar-refractivity contribution in [2.75, 3.05) is 40.1 Å². The summed E-state index contributed by atoms with van der Waals surface area (Å²) < 4.78 is 5.00. The van der Waals surface area contributed by atoms with Gasteiger partial charge in [0, 0.05) is 51.4 Å². The van der Waals surface area contributed by atoms with Crippen LogP contribution in [0, 0.1) is 0 Å². The first-order valence-corrected chi connectivity index (χ1v) is 7.73. The minimum Gasteiger partial charge on any atom is -0.383 e. The van der Waals surface area contributed by atoms with Crippen molar-refractivity contribution in [2.45, 2.75) is 17.9 Å². The molecule has 0 fully saturated rings. The van der Waals surface area contributed by atoms with E-state index >= 15 is 0 Å². The van der Waals surface area contributed by atoms with Gasteiger partial charge < -0.3 is 15.0 Å². The fourth-order valence-corrected chi connectivity index (χ4v) is 2.55. The van der Waals surface area contributed by atoms with Crippen molar-refractivity contribution in [1.29, 1.82) is 0 Å². The molecule has 0 aliphatic heterocycles. The largest absolute Gasteiger partial charge is 0.383 e. The predicted octanol–water partition coefficient (Wildman–Crippen LogP) is 1.99. The summed E-state index contributed by atoms with van der Waals surface area (Å²) in [6.45, 7) is 2.42. The summed E-state index contributed by atoms with van der Waals surface area (Å²) in [6, 6.07) is 8.42. The summed E-state index contributed by atoms with van der Waals surface area (Å²) >= 11 is 1.72. The number of benzene rings is 1. The molecule has 1 aromatic rings. The highest BCUT2D eigenvalue weighted by atomic mass is 32.2. The number of amides is 1. The lowest BCUT2D eigenvalue weighted by Gasteiger charge is -2.10. The maximum absolute atomic E-state index is 11.5. The molecule has 0 atom stereocenters. The van der Waals surface area contributed by atoms with Gasteiger partial charge in [-0.25, -0.2) is 0 Å². The Bertz CT molecular complexity index is 411. The number of ether oxygens (including phenoxy) is 1. The second kappa shape index (κ2) is 9.80. The molecule has 0 aliphatic carbocycles. The van der Waals surface area contributed by atoms with Crippen LogP contribution in [0.1, 0.15) is 12.0 Å². The molecule has 0 aliphatic rings. The molecule has 4 nitrogen and oxygen atoms in total. The van der Waals surface area contributed by atoms with Gasteiger partial charge in [0.25, 0.3) is 0 Å². The zero-order chi connectivity index (χ0) is 14.8. The SMILES string of the molecule is COCCNCc1cccc(SCCC(=O)N(C)C)c1. The van der Waals surface area contributed by atoms with Crippen LogP contribution in [-0.2, 0) is 16.1 Å². The van der Waals surface area contributed by atoms with Crippen LogP contribution in [0.25, 0.3) is 0 Å². The van der Waals surface area contributed by atoms with Gasteiger partial charge in [0.05, 0.1) is 6.61 Å². The quantitative estimate of drug-likeness (QED) is 0.559. The molecule has 1 rings (SSSR count). The van der Waals surface area contributed by atoms with Gasteiger partial charge in [0.1, 0.15) is 0 Å². The van der Waals surface area contributed by atoms with Crippen molar-refractivity contribution in [2.24, 2.45) is 0 Å². The highest BCUT2D eigenvalue weighted by molar-refractivity contribution is 7.99. The number of nitrogens with one attached hydrogen (secondary N) is 1. The van der Waals surface area contributed by atoms with E-state index < -0.39 is 0 Å². The Morgan fingerprint density at radius 3 is 2.90 bits per heavy atom. The van der Waals surface area contributed by atoms with Gasteiger partial charge in [-0.05, 0) is 17.7 Å². The van der Waals surface area contributed by atoms with Crippen LogP contribution in [0.5, 0.6) is 0 Å². The molecule has 0 saturated heterocycles. The first-order chi connectivity index (χ1) is 9.63. The van der Waals surface area contributed by atoms with Crippen LogP contribution < -0.4 is 5.32 Å².